The third kappa shape index (κ3) is 7.12. The second kappa shape index (κ2) is 13.3. The number of carbonyl (C=O) groups is 3. The largest absolute Gasteiger partial charge is 0.481 e. The molecule has 1 aromatic carbocycles. The monoisotopic (exact) mass is 577 g/mol. The first-order chi connectivity index (χ1) is 18.8. The van der Waals surface area contributed by atoms with E-state index in [4.69, 9.17) is 33.4 Å². The van der Waals surface area contributed by atoms with Crippen LogP contribution in [-0.2, 0) is 33.9 Å². The fraction of sp³-hybridized carbons (Fsp3) is 0.481. The molecule has 12 heteroatoms. The lowest BCUT2D eigenvalue weighted by atomic mass is 9.99. The minimum absolute atomic E-state index is 0.0139. The van der Waals surface area contributed by atoms with E-state index in [9.17, 15) is 19.5 Å². The normalized spacial score (nSPS) is 13.1. The third-order valence-electron chi connectivity index (χ3n) is 7.00. The van der Waals surface area contributed by atoms with E-state index in [0.29, 0.717) is 66.7 Å². The second-order valence-electron chi connectivity index (χ2n) is 9.75. The van der Waals surface area contributed by atoms with Crippen LogP contribution in [-0.4, -0.2) is 67.4 Å². The SMILES string of the molecule is O=C(O)CCCCCCCC(=O)NCCn1ccc(-c2cc(Cl)c(Cl)c3[nH]c4c(c23)CN(C(=O)CO)CC4)n1. The Kier molecular flexibility index (Phi) is 9.88. The second-order valence-corrected chi connectivity index (χ2v) is 10.5. The Bertz CT molecular complexity index is 1350. The number of unbranched alkanes of at least 4 members (excludes halogenated alkanes) is 4. The summed E-state index contributed by atoms with van der Waals surface area (Å²) in [5.41, 5.74) is 4.11. The number of fused-ring (bicyclic) bond motifs is 3. The lowest BCUT2D eigenvalue weighted by Crippen LogP contribution is -2.37. The van der Waals surface area contributed by atoms with Crippen molar-refractivity contribution in [3.05, 3.63) is 39.6 Å². The minimum atomic E-state index is -0.768. The molecule has 2 aromatic heterocycles. The molecule has 0 spiro atoms. The third-order valence-corrected chi connectivity index (χ3v) is 7.79. The highest BCUT2D eigenvalue weighted by Crippen LogP contribution is 2.41. The van der Waals surface area contributed by atoms with Crippen LogP contribution in [0.5, 0.6) is 0 Å². The number of nitrogens with zero attached hydrogens (tertiary/aromatic N) is 3. The molecule has 3 aromatic rings. The molecule has 210 valence electrons. The van der Waals surface area contributed by atoms with Gasteiger partial charge < -0.3 is 25.4 Å². The molecule has 39 heavy (non-hydrogen) atoms. The van der Waals surface area contributed by atoms with Gasteiger partial charge in [-0.05, 0) is 25.0 Å². The first-order valence-corrected chi connectivity index (χ1v) is 14.0. The van der Waals surface area contributed by atoms with Gasteiger partial charge in [0.15, 0.2) is 0 Å². The quantitative estimate of drug-likeness (QED) is 0.225. The molecule has 0 unspecified atom stereocenters. The van der Waals surface area contributed by atoms with Crippen molar-refractivity contribution < 1.29 is 24.6 Å². The maximum atomic E-state index is 12.2. The van der Waals surface area contributed by atoms with Crippen molar-refractivity contribution >= 4 is 51.9 Å². The van der Waals surface area contributed by atoms with Gasteiger partial charge in [0.2, 0.25) is 11.8 Å². The highest BCUT2D eigenvalue weighted by atomic mass is 35.5. The van der Waals surface area contributed by atoms with E-state index >= 15 is 0 Å². The number of H-pyrrole nitrogens is 1. The zero-order valence-electron chi connectivity index (χ0n) is 21.6. The average molecular weight is 578 g/mol. The number of aromatic nitrogens is 3. The number of carbonyl (C=O) groups excluding carboxylic acids is 2. The van der Waals surface area contributed by atoms with Crippen LogP contribution in [0.3, 0.4) is 0 Å². The molecule has 0 fully saturated rings. The number of amides is 2. The number of hydrogen-bond acceptors (Lipinski definition) is 5. The Hall–Kier alpha value is -3.08. The van der Waals surface area contributed by atoms with Gasteiger partial charge in [0.05, 0.1) is 27.8 Å². The van der Waals surface area contributed by atoms with E-state index in [1.807, 2.05) is 12.3 Å². The van der Waals surface area contributed by atoms with Gasteiger partial charge in [0.1, 0.15) is 6.61 Å². The van der Waals surface area contributed by atoms with E-state index in [0.717, 1.165) is 47.9 Å². The Morgan fingerprint density at radius 1 is 1.10 bits per heavy atom. The van der Waals surface area contributed by atoms with Crippen molar-refractivity contribution in [2.24, 2.45) is 0 Å². The lowest BCUT2D eigenvalue weighted by Gasteiger charge is -2.26. The number of hydrogen-bond donors (Lipinski definition) is 4. The first kappa shape index (κ1) is 28.9. The van der Waals surface area contributed by atoms with E-state index in [1.165, 1.54) is 0 Å². The molecule has 0 atom stereocenters. The van der Waals surface area contributed by atoms with E-state index in [2.05, 4.69) is 10.3 Å². The summed E-state index contributed by atoms with van der Waals surface area (Å²) in [6.45, 7) is 1.26. The van der Waals surface area contributed by atoms with Gasteiger partial charge >= 0.3 is 5.97 Å². The smallest absolute Gasteiger partial charge is 0.303 e. The Balaban J connectivity index is 1.37. The summed E-state index contributed by atoms with van der Waals surface area (Å²) in [5.74, 6) is -1.10. The summed E-state index contributed by atoms with van der Waals surface area (Å²) >= 11 is 13.0. The van der Waals surface area contributed by atoms with Gasteiger partial charge in [-0.15, -0.1) is 0 Å². The maximum absolute atomic E-state index is 12.2. The molecule has 3 heterocycles. The predicted molar refractivity (Wildman–Crippen MR) is 149 cm³/mol. The van der Waals surface area contributed by atoms with Crippen LogP contribution in [0, 0.1) is 0 Å². The zero-order chi connectivity index (χ0) is 27.9. The Labute approximate surface area is 236 Å². The lowest BCUT2D eigenvalue weighted by molar-refractivity contribution is -0.137. The molecule has 4 rings (SSSR count). The van der Waals surface area contributed by atoms with E-state index in [-0.39, 0.29) is 18.2 Å². The molecule has 1 aliphatic heterocycles. The summed E-state index contributed by atoms with van der Waals surface area (Å²) in [5, 5.41) is 27.3. The van der Waals surface area contributed by atoms with Crippen LogP contribution >= 0.6 is 23.2 Å². The molecule has 10 nitrogen and oxygen atoms in total. The molecular formula is C27H33Cl2N5O5. The fourth-order valence-electron chi connectivity index (χ4n) is 4.97. The minimum Gasteiger partial charge on any atom is -0.481 e. The zero-order valence-corrected chi connectivity index (χ0v) is 23.2. The van der Waals surface area contributed by atoms with E-state index in [1.54, 1.807) is 15.6 Å². The Morgan fingerprint density at radius 3 is 2.59 bits per heavy atom. The van der Waals surface area contributed by atoms with Crippen LogP contribution in [0.25, 0.3) is 22.2 Å². The van der Waals surface area contributed by atoms with Crippen LogP contribution < -0.4 is 5.32 Å². The van der Waals surface area contributed by atoms with Gasteiger partial charge in [-0.25, -0.2) is 0 Å². The molecule has 0 saturated carbocycles. The molecule has 2 amide bonds. The number of carboxylic acids is 1. The average Bonchev–Trinajstić information content (AvgIpc) is 3.54. The summed E-state index contributed by atoms with van der Waals surface area (Å²) in [6, 6.07) is 3.66. The number of halogens is 2. The van der Waals surface area contributed by atoms with E-state index < -0.39 is 12.6 Å². The highest BCUT2D eigenvalue weighted by molar-refractivity contribution is 6.45. The number of aliphatic hydroxyl groups excluding tert-OH is 1. The number of rotatable bonds is 13. The molecule has 4 N–H and O–H groups in total. The number of benzene rings is 1. The van der Waals surface area contributed by atoms with Crippen molar-refractivity contribution in [3.8, 4) is 11.3 Å². The summed E-state index contributed by atoms with van der Waals surface area (Å²) in [6.07, 6.45) is 7.25. The summed E-state index contributed by atoms with van der Waals surface area (Å²) < 4.78 is 1.76. The Morgan fingerprint density at radius 2 is 1.85 bits per heavy atom. The predicted octanol–water partition coefficient (Wildman–Crippen LogP) is 4.15. The van der Waals surface area contributed by atoms with Crippen LogP contribution in [0.2, 0.25) is 10.0 Å². The van der Waals surface area contributed by atoms with Crippen molar-refractivity contribution in [1.82, 2.24) is 25.0 Å². The summed E-state index contributed by atoms with van der Waals surface area (Å²) in [4.78, 5) is 39.8. The topological polar surface area (TPSA) is 141 Å². The van der Waals surface area contributed by atoms with Crippen LogP contribution in [0.4, 0.5) is 0 Å². The highest BCUT2D eigenvalue weighted by Gasteiger charge is 2.27. The number of aliphatic carboxylic acids is 1. The van der Waals surface area contributed by atoms with Crippen molar-refractivity contribution in [2.45, 2.75) is 64.5 Å². The van der Waals surface area contributed by atoms with Crippen molar-refractivity contribution in [2.75, 3.05) is 19.7 Å². The maximum Gasteiger partial charge on any atom is 0.303 e. The van der Waals surface area contributed by atoms with Crippen molar-refractivity contribution in [1.29, 1.82) is 0 Å². The molecule has 1 aliphatic rings. The number of aliphatic hydroxyl groups is 1. The number of carboxylic acid groups (broad SMARTS) is 1. The van der Waals surface area contributed by atoms with Gasteiger partial charge in [0.25, 0.3) is 0 Å². The van der Waals surface area contributed by atoms with Crippen LogP contribution in [0.1, 0.15) is 56.2 Å². The number of aromatic amines is 1. The fourth-order valence-corrected chi connectivity index (χ4v) is 5.37. The van der Waals surface area contributed by atoms with Gasteiger partial charge in [0, 0.05) is 67.3 Å². The molecule has 0 radical (unpaired) electrons. The standard InChI is InChI=1S/C27H33Cl2N5O5/c28-19-14-17(25-18-15-33(23(37)16-35)11-8-20(18)31-27(25)26(19)29)21-9-12-34(32-21)13-10-30-22(36)6-4-2-1-3-5-7-24(38)39/h9,12,14,31,35H,1-8,10-11,13,15-16H2,(H,30,36)(H,38,39). The number of nitrogens with one attached hydrogen (secondary N) is 2. The van der Waals surface area contributed by atoms with Crippen LogP contribution in [0.15, 0.2) is 18.3 Å². The molecular weight excluding hydrogens is 545 g/mol. The van der Waals surface area contributed by atoms with Gasteiger partial charge in [-0.3, -0.25) is 19.1 Å². The van der Waals surface area contributed by atoms with Gasteiger partial charge in [-0.1, -0.05) is 42.5 Å². The van der Waals surface area contributed by atoms with Crippen molar-refractivity contribution in [3.63, 3.8) is 0 Å². The van der Waals surface area contributed by atoms with Gasteiger partial charge in [-0.2, -0.15) is 5.10 Å². The summed E-state index contributed by atoms with van der Waals surface area (Å²) in [7, 11) is 0. The molecule has 0 bridgehead atoms. The molecule has 0 aliphatic carbocycles. The first-order valence-electron chi connectivity index (χ1n) is 13.2. The molecule has 0 saturated heterocycles.